The van der Waals surface area contributed by atoms with Crippen LogP contribution in [0.15, 0.2) is 36.4 Å². The molecule has 0 fully saturated rings. The van der Waals surface area contributed by atoms with Crippen LogP contribution in [0.1, 0.15) is 26.3 Å². The molecule has 1 amide bonds. The van der Waals surface area contributed by atoms with Crippen molar-refractivity contribution in [2.24, 2.45) is 0 Å². The minimum atomic E-state index is -1.09. The Bertz CT molecular complexity index is 729. The van der Waals surface area contributed by atoms with Crippen LogP contribution in [0.3, 0.4) is 0 Å². The van der Waals surface area contributed by atoms with E-state index in [9.17, 15) is 9.59 Å². The van der Waals surface area contributed by atoms with E-state index in [0.29, 0.717) is 16.3 Å². The third-order valence-electron chi connectivity index (χ3n) is 2.90. The Morgan fingerprint density at radius 1 is 1.14 bits per heavy atom. The largest absolute Gasteiger partial charge is 0.478 e. The van der Waals surface area contributed by atoms with Gasteiger partial charge >= 0.3 is 5.97 Å². The highest BCUT2D eigenvalue weighted by Gasteiger charge is 2.14. The minimum Gasteiger partial charge on any atom is -0.478 e. The van der Waals surface area contributed by atoms with Gasteiger partial charge in [-0.2, -0.15) is 0 Å². The maximum Gasteiger partial charge on any atom is 0.335 e. The molecule has 2 N–H and O–H groups in total. The van der Waals surface area contributed by atoms with Crippen molar-refractivity contribution in [3.8, 4) is 0 Å². The molecular weight excluding hydrogens is 313 g/mol. The normalized spacial score (nSPS) is 10.2. The second-order valence-electron chi connectivity index (χ2n) is 4.39. The highest BCUT2D eigenvalue weighted by molar-refractivity contribution is 6.36. The molecule has 0 aliphatic carbocycles. The molecule has 0 aliphatic heterocycles. The minimum absolute atomic E-state index is 0.0478. The number of carbonyl (C=O) groups is 2. The molecule has 0 saturated carbocycles. The molecule has 0 spiro atoms. The fourth-order valence-electron chi connectivity index (χ4n) is 1.76. The molecule has 0 aromatic heterocycles. The number of nitrogens with one attached hydrogen (secondary N) is 1. The van der Waals surface area contributed by atoms with Crippen molar-refractivity contribution >= 4 is 40.8 Å². The Morgan fingerprint density at radius 3 is 2.48 bits per heavy atom. The third kappa shape index (κ3) is 3.35. The summed E-state index contributed by atoms with van der Waals surface area (Å²) in [6, 6.07) is 9.20. The molecule has 108 valence electrons. The van der Waals surface area contributed by atoms with Gasteiger partial charge in [-0.25, -0.2) is 4.79 Å². The maximum absolute atomic E-state index is 12.2. The highest BCUT2D eigenvalue weighted by atomic mass is 35.5. The van der Waals surface area contributed by atoms with E-state index in [0.717, 1.165) is 5.56 Å². The van der Waals surface area contributed by atoms with Gasteiger partial charge in [0.25, 0.3) is 5.91 Å². The van der Waals surface area contributed by atoms with Crippen LogP contribution in [0.25, 0.3) is 0 Å². The van der Waals surface area contributed by atoms with Crippen LogP contribution >= 0.6 is 23.2 Å². The average molecular weight is 324 g/mol. The molecular formula is C15H11Cl2NO3. The van der Waals surface area contributed by atoms with E-state index in [1.807, 2.05) is 0 Å². The first-order valence-electron chi connectivity index (χ1n) is 5.99. The van der Waals surface area contributed by atoms with Gasteiger partial charge in [-0.1, -0.05) is 35.3 Å². The third-order valence-corrected chi connectivity index (χ3v) is 3.72. The van der Waals surface area contributed by atoms with Crippen molar-refractivity contribution in [2.75, 3.05) is 5.32 Å². The summed E-state index contributed by atoms with van der Waals surface area (Å²) in [5.74, 6) is -1.50. The first kappa shape index (κ1) is 15.4. The Kier molecular flexibility index (Phi) is 4.50. The molecule has 0 aliphatic rings. The summed E-state index contributed by atoms with van der Waals surface area (Å²) in [4.78, 5) is 23.0. The molecule has 0 unspecified atom stereocenters. The van der Waals surface area contributed by atoms with E-state index >= 15 is 0 Å². The van der Waals surface area contributed by atoms with Gasteiger partial charge in [0.15, 0.2) is 0 Å². The number of hydrogen-bond acceptors (Lipinski definition) is 2. The number of carboxylic acid groups (broad SMARTS) is 1. The fraction of sp³-hybridized carbons (Fsp3) is 0.0667. The van der Waals surface area contributed by atoms with Crippen LogP contribution in [0, 0.1) is 6.92 Å². The molecule has 0 saturated heterocycles. The average Bonchev–Trinajstić information content (AvgIpc) is 2.43. The first-order valence-corrected chi connectivity index (χ1v) is 6.75. The second-order valence-corrected chi connectivity index (χ2v) is 5.18. The standard InChI is InChI=1S/C15H11Cl2NO3/c1-8-3-2-4-10(13(8)17)14(19)18-12-6-5-9(15(20)21)7-11(12)16/h2-7H,1H3,(H,18,19)(H,20,21). The van der Waals surface area contributed by atoms with E-state index in [-0.39, 0.29) is 10.6 Å². The number of aryl methyl sites for hydroxylation is 1. The maximum atomic E-state index is 12.2. The summed E-state index contributed by atoms with van der Waals surface area (Å²) in [5.41, 5.74) is 1.49. The van der Waals surface area contributed by atoms with Crippen LogP contribution in [0.5, 0.6) is 0 Å². The molecule has 0 radical (unpaired) electrons. The molecule has 4 nitrogen and oxygen atoms in total. The Morgan fingerprint density at radius 2 is 1.86 bits per heavy atom. The smallest absolute Gasteiger partial charge is 0.335 e. The lowest BCUT2D eigenvalue weighted by molar-refractivity contribution is 0.0696. The lowest BCUT2D eigenvalue weighted by Gasteiger charge is -2.10. The number of aromatic carboxylic acids is 1. The van der Waals surface area contributed by atoms with Crippen LogP contribution in [0.4, 0.5) is 5.69 Å². The van der Waals surface area contributed by atoms with E-state index in [4.69, 9.17) is 28.3 Å². The zero-order chi connectivity index (χ0) is 15.6. The molecule has 0 heterocycles. The highest BCUT2D eigenvalue weighted by Crippen LogP contribution is 2.26. The molecule has 2 aromatic rings. The van der Waals surface area contributed by atoms with Crippen LogP contribution in [-0.2, 0) is 0 Å². The summed E-state index contributed by atoms with van der Waals surface area (Å²) in [6.07, 6.45) is 0. The lowest BCUT2D eigenvalue weighted by atomic mass is 10.1. The molecule has 21 heavy (non-hydrogen) atoms. The number of hydrogen-bond donors (Lipinski definition) is 2. The lowest BCUT2D eigenvalue weighted by Crippen LogP contribution is -2.13. The van der Waals surface area contributed by atoms with E-state index in [1.165, 1.54) is 18.2 Å². The number of benzene rings is 2. The summed E-state index contributed by atoms with van der Waals surface area (Å²) >= 11 is 12.1. The van der Waals surface area contributed by atoms with Gasteiger partial charge in [0, 0.05) is 0 Å². The topological polar surface area (TPSA) is 66.4 Å². The zero-order valence-electron chi connectivity index (χ0n) is 11.0. The van der Waals surface area contributed by atoms with Crippen molar-refractivity contribution in [1.29, 1.82) is 0 Å². The number of halogens is 2. The van der Waals surface area contributed by atoms with Crippen LogP contribution in [0.2, 0.25) is 10.0 Å². The summed E-state index contributed by atoms with van der Waals surface area (Å²) in [5, 5.41) is 12.0. The van der Waals surface area contributed by atoms with Gasteiger partial charge in [0.2, 0.25) is 0 Å². The van der Waals surface area contributed by atoms with Gasteiger partial charge in [-0.05, 0) is 36.8 Å². The van der Waals surface area contributed by atoms with Crippen molar-refractivity contribution in [3.05, 3.63) is 63.1 Å². The van der Waals surface area contributed by atoms with Crippen molar-refractivity contribution < 1.29 is 14.7 Å². The predicted octanol–water partition coefficient (Wildman–Crippen LogP) is 4.25. The van der Waals surface area contributed by atoms with E-state index in [2.05, 4.69) is 5.32 Å². The Balaban J connectivity index is 2.28. The monoisotopic (exact) mass is 323 g/mol. The number of amides is 1. The van der Waals surface area contributed by atoms with Gasteiger partial charge in [-0.3, -0.25) is 4.79 Å². The quantitative estimate of drug-likeness (QED) is 0.887. The zero-order valence-corrected chi connectivity index (χ0v) is 12.5. The number of anilines is 1. The van der Waals surface area contributed by atoms with Crippen LogP contribution in [-0.4, -0.2) is 17.0 Å². The van der Waals surface area contributed by atoms with Gasteiger partial charge in [-0.15, -0.1) is 0 Å². The summed E-state index contributed by atoms with van der Waals surface area (Å²) < 4.78 is 0. The van der Waals surface area contributed by atoms with Crippen molar-refractivity contribution in [3.63, 3.8) is 0 Å². The van der Waals surface area contributed by atoms with Gasteiger partial charge < -0.3 is 10.4 Å². The summed E-state index contributed by atoms with van der Waals surface area (Å²) in [7, 11) is 0. The Labute approximate surface area is 131 Å². The van der Waals surface area contributed by atoms with E-state index < -0.39 is 11.9 Å². The number of carboxylic acids is 1. The van der Waals surface area contributed by atoms with Gasteiger partial charge in [0.05, 0.1) is 26.9 Å². The number of rotatable bonds is 3. The molecule has 2 aromatic carbocycles. The second kappa shape index (κ2) is 6.16. The molecule has 0 bridgehead atoms. The fourth-order valence-corrected chi connectivity index (χ4v) is 2.20. The first-order chi connectivity index (χ1) is 9.90. The van der Waals surface area contributed by atoms with E-state index in [1.54, 1.807) is 25.1 Å². The molecule has 0 atom stereocenters. The van der Waals surface area contributed by atoms with Crippen molar-refractivity contribution in [2.45, 2.75) is 6.92 Å². The predicted molar refractivity (Wildman–Crippen MR) is 82.6 cm³/mol. The molecule has 6 heteroatoms. The van der Waals surface area contributed by atoms with Gasteiger partial charge in [0.1, 0.15) is 0 Å². The summed E-state index contributed by atoms with van der Waals surface area (Å²) in [6.45, 7) is 1.80. The Hall–Kier alpha value is -2.04. The molecule has 2 rings (SSSR count). The van der Waals surface area contributed by atoms with Crippen molar-refractivity contribution in [1.82, 2.24) is 0 Å². The SMILES string of the molecule is Cc1cccc(C(=O)Nc2ccc(C(=O)O)cc2Cl)c1Cl. The van der Waals surface area contributed by atoms with Crippen LogP contribution < -0.4 is 5.32 Å². The number of carbonyl (C=O) groups excluding carboxylic acids is 1.